The molecule has 0 aromatic heterocycles. The fourth-order valence-corrected chi connectivity index (χ4v) is 3.88. The molecule has 1 aliphatic heterocycles. The highest BCUT2D eigenvalue weighted by Gasteiger charge is 2.39. The summed E-state index contributed by atoms with van der Waals surface area (Å²) in [5, 5.41) is 5.35. The van der Waals surface area contributed by atoms with Gasteiger partial charge in [0, 0.05) is 11.3 Å². The quantitative estimate of drug-likeness (QED) is 0.328. The van der Waals surface area contributed by atoms with Crippen LogP contribution < -0.4 is 15.5 Å². The number of carbonyl (C=O) groups excluding carboxylic acids is 4. The van der Waals surface area contributed by atoms with E-state index in [0.717, 1.165) is 10.5 Å². The Morgan fingerprint density at radius 3 is 2.32 bits per heavy atom. The van der Waals surface area contributed by atoms with Crippen LogP contribution in [0.2, 0.25) is 0 Å². The lowest BCUT2D eigenvalue weighted by molar-refractivity contribution is -0.120. The minimum atomic E-state index is -0.642. The van der Waals surface area contributed by atoms with Crippen LogP contribution in [-0.2, 0) is 14.3 Å². The molecule has 0 saturated heterocycles. The van der Waals surface area contributed by atoms with Crippen molar-refractivity contribution in [3.05, 3.63) is 100 Å². The summed E-state index contributed by atoms with van der Waals surface area (Å²) in [7, 11) is 0. The fraction of sp³-hybridized carbons (Fsp3) is 0.143. The number of halogens is 1. The molecule has 3 amide bonds. The van der Waals surface area contributed by atoms with Gasteiger partial charge in [0.2, 0.25) is 0 Å². The summed E-state index contributed by atoms with van der Waals surface area (Å²) in [6.45, 7) is 5.37. The second kappa shape index (κ2) is 10.7. The van der Waals surface area contributed by atoms with Crippen LogP contribution >= 0.6 is 11.6 Å². The number of benzene rings is 3. The lowest BCUT2D eigenvalue weighted by atomic mass is 10.1. The molecule has 1 heterocycles. The number of esters is 1. The van der Waals surface area contributed by atoms with Crippen molar-refractivity contribution in [1.29, 1.82) is 0 Å². The Kier molecular flexibility index (Phi) is 7.40. The molecule has 0 unspecified atom stereocenters. The number of rotatable bonds is 7. The number of ether oxygens (including phenoxy) is 1. The molecule has 0 radical (unpaired) electrons. The average Bonchev–Trinajstić information content (AvgIpc) is 3.07. The van der Waals surface area contributed by atoms with Gasteiger partial charge in [0.05, 0.1) is 23.0 Å². The van der Waals surface area contributed by atoms with Crippen molar-refractivity contribution in [2.75, 3.05) is 15.5 Å². The molecule has 9 heteroatoms. The molecule has 0 aliphatic carbocycles. The normalized spacial score (nSPS) is 13.3. The number of nitrogens with zero attached hydrogens (tertiary/aromatic N) is 1. The SMILES string of the molecule is Cc1ccc(N2C(=O)C(Cl)=C(Nc3cccc(C(=O)Nc4ccccc4C(=O)OC(C)C)c3)C2=O)cc1. The molecule has 188 valence electrons. The van der Waals surface area contributed by atoms with E-state index in [4.69, 9.17) is 16.3 Å². The average molecular weight is 518 g/mol. The molecule has 3 aromatic carbocycles. The van der Waals surface area contributed by atoms with Gasteiger partial charge in [0.15, 0.2) is 0 Å². The number of anilines is 3. The number of hydrogen-bond donors (Lipinski definition) is 2. The Bertz CT molecular complexity index is 1430. The Hall–Kier alpha value is -4.43. The van der Waals surface area contributed by atoms with Crippen molar-refractivity contribution in [3.63, 3.8) is 0 Å². The van der Waals surface area contributed by atoms with Gasteiger partial charge < -0.3 is 15.4 Å². The molecule has 2 N–H and O–H groups in total. The number of para-hydroxylation sites is 1. The van der Waals surface area contributed by atoms with Crippen LogP contribution in [0.15, 0.2) is 83.5 Å². The maximum Gasteiger partial charge on any atom is 0.340 e. The first-order valence-electron chi connectivity index (χ1n) is 11.5. The van der Waals surface area contributed by atoms with Crippen LogP contribution in [0.25, 0.3) is 0 Å². The minimum Gasteiger partial charge on any atom is -0.459 e. The molecule has 3 aromatic rings. The van der Waals surface area contributed by atoms with Crippen LogP contribution in [0.1, 0.15) is 40.1 Å². The Morgan fingerprint density at radius 2 is 1.62 bits per heavy atom. The van der Waals surface area contributed by atoms with E-state index in [1.54, 1.807) is 80.6 Å². The Balaban J connectivity index is 1.53. The summed E-state index contributed by atoms with van der Waals surface area (Å²) >= 11 is 6.22. The molecule has 0 saturated carbocycles. The van der Waals surface area contributed by atoms with Crippen molar-refractivity contribution >= 4 is 52.4 Å². The van der Waals surface area contributed by atoms with E-state index in [1.807, 2.05) is 6.92 Å². The molecule has 0 bridgehead atoms. The smallest absolute Gasteiger partial charge is 0.340 e. The number of amides is 3. The second-order valence-electron chi connectivity index (χ2n) is 8.63. The maximum absolute atomic E-state index is 13.0. The molecule has 0 fully saturated rings. The van der Waals surface area contributed by atoms with E-state index in [2.05, 4.69) is 10.6 Å². The highest BCUT2D eigenvalue weighted by Crippen LogP contribution is 2.30. The summed E-state index contributed by atoms with van der Waals surface area (Å²) in [6, 6.07) is 19.8. The number of hydrogen-bond acceptors (Lipinski definition) is 6. The molecular formula is C28H24ClN3O5. The van der Waals surface area contributed by atoms with Gasteiger partial charge in [-0.15, -0.1) is 0 Å². The van der Waals surface area contributed by atoms with E-state index in [1.165, 1.54) is 6.07 Å². The summed E-state index contributed by atoms with van der Waals surface area (Å²) < 4.78 is 5.25. The van der Waals surface area contributed by atoms with Gasteiger partial charge in [0.1, 0.15) is 10.7 Å². The predicted molar refractivity (Wildman–Crippen MR) is 142 cm³/mol. The molecular weight excluding hydrogens is 494 g/mol. The van der Waals surface area contributed by atoms with Gasteiger partial charge in [-0.2, -0.15) is 0 Å². The van der Waals surface area contributed by atoms with Crippen molar-refractivity contribution in [2.24, 2.45) is 0 Å². The van der Waals surface area contributed by atoms with Crippen LogP contribution in [0, 0.1) is 6.92 Å². The monoisotopic (exact) mass is 517 g/mol. The lowest BCUT2D eigenvalue weighted by Gasteiger charge is -2.15. The van der Waals surface area contributed by atoms with Crippen LogP contribution in [0.3, 0.4) is 0 Å². The van der Waals surface area contributed by atoms with Crippen molar-refractivity contribution in [3.8, 4) is 0 Å². The number of imide groups is 1. The maximum atomic E-state index is 13.0. The zero-order valence-electron chi connectivity index (χ0n) is 20.4. The fourth-order valence-electron chi connectivity index (χ4n) is 3.66. The lowest BCUT2D eigenvalue weighted by Crippen LogP contribution is -2.32. The van der Waals surface area contributed by atoms with Gasteiger partial charge in [-0.1, -0.05) is 47.5 Å². The highest BCUT2D eigenvalue weighted by atomic mass is 35.5. The third kappa shape index (κ3) is 5.54. The molecule has 4 rings (SSSR count). The summed E-state index contributed by atoms with van der Waals surface area (Å²) in [5.41, 5.74) is 2.44. The van der Waals surface area contributed by atoms with E-state index in [9.17, 15) is 19.2 Å². The second-order valence-corrected chi connectivity index (χ2v) is 9.01. The van der Waals surface area contributed by atoms with Crippen LogP contribution in [0.5, 0.6) is 0 Å². The van der Waals surface area contributed by atoms with E-state index < -0.39 is 23.7 Å². The number of carbonyl (C=O) groups is 4. The first-order chi connectivity index (χ1) is 17.7. The van der Waals surface area contributed by atoms with Crippen LogP contribution in [0.4, 0.5) is 17.1 Å². The molecule has 8 nitrogen and oxygen atoms in total. The predicted octanol–water partition coefficient (Wildman–Crippen LogP) is 5.25. The number of nitrogens with one attached hydrogen (secondary N) is 2. The third-order valence-electron chi connectivity index (χ3n) is 5.45. The van der Waals surface area contributed by atoms with Gasteiger partial charge in [-0.3, -0.25) is 14.4 Å². The molecule has 0 spiro atoms. The molecule has 0 atom stereocenters. The van der Waals surface area contributed by atoms with E-state index >= 15 is 0 Å². The summed E-state index contributed by atoms with van der Waals surface area (Å²) in [6.07, 6.45) is -0.313. The summed E-state index contributed by atoms with van der Waals surface area (Å²) in [5.74, 6) is -2.28. The first kappa shape index (κ1) is 25.7. The topological polar surface area (TPSA) is 105 Å². The van der Waals surface area contributed by atoms with Gasteiger partial charge in [-0.05, 0) is 63.2 Å². The van der Waals surface area contributed by atoms with Crippen molar-refractivity contribution < 1.29 is 23.9 Å². The Labute approximate surface area is 218 Å². The van der Waals surface area contributed by atoms with E-state index in [-0.39, 0.29) is 28.0 Å². The Morgan fingerprint density at radius 1 is 0.919 bits per heavy atom. The summed E-state index contributed by atoms with van der Waals surface area (Å²) in [4.78, 5) is 52.1. The van der Waals surface area contributed by atoms with E-state index in [0.29, 0.717) is 17.1 Å². The number of aryl methyl sites for hydroxylation is 1. The van der Waals surface area contributed by atoms with Crippen molar-refractivity contribution in [1.82, 2.24) is 0 Å². The standard InChI is InChI=1S/C28H24ClN3O5/c1-16(2)37-28(36)21-9-4-5-10-22(21)31-25(33)18-7-6-8-19(15-18)30-24-23(29)26(34)32(27(24)35)20-13-11-17(3)12-14-20/h4-16,30H,1-3H3,(H,31,33). The van der Waals surface area contributed by atoms with Crippen LogP contribution in [-0.4, -0.2) is 29.8 Å². The highest BCUT2D eigenvalue weighted by molar-refractivity contribution is 6.53. The zero-order chi connectivity index (χ0) is 26.7. The first-order valence-corrected chi connectivity index (χ1v) is 11.9. The van der Waals surface area contributed by atoms with Gasteiger partial charge in [-0.25, -0.2) is 9.69 Å². The van der Waals surface area contributed by atoms with Gasteiger partial charge >= 0.3 is 5.97 Å². The molecule has 1 aliphatic rings. The third-order valence-corrected chi connectivity index (χ3v) is 5.80. The zero-order valence-corrected chi connectivity index (χ0v) is 21.1. The largest absolute Gasteiger partial charge is 0.459 e. The molecule has 37 heavy (non-hydrogen) atoms. The van der Waals surface area contributed by atoms with Crippen molar-refractivity contribution in [2.45, 2.75) is 26.9 Å². The minimum absolute atomic E-state index is 0.0911. The van der Waals surface area contributed by atoms with Gasteiger partial charge in [0.25, 0.3) is 17.7 Å².